The minimum absolute atomic E-state index is 0.131. The number of nitrogens with one attached hydrogen (secondary N) is 8. The molecule has 13 aromatic rings. The predicted molar refractivity (Wildman–Crippen MR) is 494 cm³/mol. The Bertz CT molecular complexity index is 6500. The van der Waals surface area contributed by atoms with E-state index in [9.17, 15) is 51.5 Å². The lowest BCUT2D eigenvalue weighted by molar-refractivity contribution is -0.119. The first-order valence-corrected chi connectivity index (χ1v) is 43.2. The van der Waals surface area contributed by atoms with Crippen LogP contribution in [-0.4, -0.2) is 124 Å². The predicted octanol–water partition coefficient (Wildman–Crippen LogP) is 16.4. The maximum atomic E-state index is 13.9. The van der Waals surface area contributed by atoms with Crippen molar-refractivity contribution in [1.82, 2.24) is 60.4 Å². The topological polar surface area (TPSA) is 323 Å². The van der Waals surface area contributed by atoms with Gasteiger partial charge in [-0.1, -0.05) is 164 Å². The number of anilines is 4. The second-order valence-electron chi connectivity index (χ2n) is 33.0. The molecule has 8 amide bonds. The van der Waals surface area contributed by atoms with Gasteiger partial charge in [-0.05, 0) is 190 Å². The van der Waals surface area contributed by atoms with Crippen LogP contribution >= 0.6 is 15.9 Å². The van der Waals surface area contributed by atoms with Crippen LogP contribution in [0.25, 0.3) is 5.69 Å². The lowest BCUT2D eigenvalue weighted by Gasteiger charge is -2.33. The number of hydrogen-bond acceptors (Lipinski definition) is 14. The van der Waals surface area contributed by atoms with E-state index in [1.807, 2.05) is 147 Å². The van der Waals surface area contributed by atoms with Gasteiger partial charge in [0.1, 0.15) is 53.3 Å². The van der Waals surface area contributed by atoms with E-state index >= 15 is 0 Å². The summed E-state index contributed by atoms with van der Waals surface area (Å²) in [6.45, 7) is 20.8. The van der Waals surface area contributed by atoms with Crippen molar-refractivity contribution in [3.63, 3.8) is 0 Å². The van der Waals surface area contributed by atoms with Crippen LogP contribution in [0.1, 0.15) is 194 Å². The number of halogens is 4. The largest absolute Gasteiger partial charge is 0.493 e. The Morgan fingerprint density at radius 2 is 0.777 bits per heavy atom. The highest BCUT2D eigenvalue weighted by Gasteiger charge is 2.47. The number of nitrogens with zero attached hydrogens (tertiary/aromatic N) is 8. The molecule has 668 valence electrons. The lowest BCUT2D eigenvalue weighted by Crippen LogP contribution is -2.50. The molecule has 0 aliphatic carbocycles. The molecule has 4 aliphatic heterocycles. The number of alkyl halides is 2. The Labute approximate surface area is 758 Å². The second kappa shape index (κ2) is 38.6. The summed E-state index contributed by atoms with van der Waals surface area (Å²) in [6.07, 6.45) is 0. The first-order chi connectivity index (χ1) is 62.1. The minimum atomic E-state index is -3.00. The Balaban J connectivity index is 0.000000140. The van der Waals surface area contributed by atoms with Crippen LogP contribution in [0.5, 0.6) is 11.5 Å². The van der Waals surface area contributed by atoms with Gasteiger partial charge in [0.15, 0.2) is 11.5 Å². The van der Waals surface area contributed by atoms with Crippen LogP contribution in [0.4, 0.5) is 36.4 Å². The summed E-state index contributed by atoms with van der Waals surface area (Å²) in [4.78, 5) is 105. The normalized spacial score (nSPS) is 17.6. The van der Waals surface area contributed by atoms with E-state index in [0.29, 0.717) is 91.9 Å². The van der Waals surface area contributed by atoms with Crippen molar-refractivity contribution in [3.05, 3.63) is 346 Å². The molecule has 130 heavy (non-hydrogen) atoms. The summed E-state index contributed by atoms with van der Waals surface area (Å²) in [6, 6.07) is 60.7. The molecule has 0 radical (unpaired) electrons. The molecule has 8 heterocycles. The monoisotopic (exact) mass is 1820 g/mol. The van der Waals surface area contributed by atoms with E-state index < -0.39 is 65.5 Å². The van der Waals surface area contributed by atoms with Crippen LogP contribution in [0, 0.1) is 54.3 Å². The van der Waals surface area contributed by atoms with Crippen LogP contribution in [0.15, 0.2) is 223 Å². The first kappa shape index (κ1) is 91.7. The number of benzene rings is 9. The number of aryl methyl sites for hydroxylation is 10. The fourth-order valence-electron chi connectivity index (χ4n) is 17.2. The van der Waals surface area contributed by atoms with E-state index in [4.69, 9.17) is 9.47 Å². The van der Waals surface area contributed by atoms with Gasteiger partial charge in [0.2, 0.25) is 23.6 Å². The van der Waals surface area contributed by atoms with Gasteiger partial charge in [0.25, 0.3) is 29.6 Å². The van der Waals surface area contributed by atoms with Crippen LogP contribution in [0.3, 0.4) is 0 Å². The molecule has 0 unspecified atom stereocenters. The third-order valence-electron chi connectivity index (χ3n) is 23.5. The van der Waals surface area contributed by atoms with Gasteiger partial charge in [0.05, 0.1) is 46.7 Å². The average Bonchev–Trinajstić information content (AvgIpc) is 1.57. The summed E-state index contributed by atoms with van der Waals surface area (Å²) in [5, 5.41) is 41.4. The molecule has 8 atom stereocenters. The molecule has 0 saturated heterocycles. The highest BCUT2D eigenvalue weighted by Crippen LogP contribution is 2.47. The van der Waals surface area contributed by atoms with Gasteiger partial charge in [-0.25, -0.2) is 17.9 Å². The summed E-state index contributed by atoms with van der Waals surface area (Å²) in [7, 11) is 6.92. The molecule has 4 aliphatic rings. The van der Waals surface area contributed by atoms with Crippen molar-refractivity contribution in [2.45, 2.75) is 136 Å². The Hall–Kier alpha value is -14.6. The quantitative estimate of drug-likeness (QED) is 0.0396. The van der Waals surface area contributed by atoms with Crippen molar-refractivity contribution in [2.75, 3.05) is 35.0 Å². The number of ether oxygens (including phenoxy) is 2. The highest BCUT2D eigenvalue weighted by atomic mass is 79.9. The molecule has 0 fully saturated rings. The molecule has 0 saturated carbocycles. The van der Waals surface area contributed by atoms with E-state index in [0.717, 1.165) is 74.2 Å². The van der Waals surface area contributed by atoms with E-state index in [1.54, 1.807) is 131 Å². The van der Waals surface area contributed by atoms with Gasteiger partial charge in [-0.3, -0.25) is 52.4 Å². The number of amides is 8. The number of hydrogen-bond donors (Lipinski definition) is 8. The number of aromatic nitrogens is 8. The second-order valence-corrected chi connectivity index (χ2v) is 33.9. The van der Waals surface area contributed by atoms with E-state index in [-0.39, 0.29) is 51.4 Å². The van der Waals surface area contributed by atoms with Crippen molar-refractivity contribution in [3.8, 4) is 17.2 Å². The Morgan fingerprint density at radius 3 is 1.16 bits per heavy atom. The van der Waals surface area contributed by atoms with Gasteiger partial charge < -0.3 is 52.0 Å². The zero-order valence-corrected chi connectivity index (χ0v) is 75.9. The average molecular weight is 1820 g/mol. The maximum absolute atomic E-state index is 13.9. The molecular weight excluding hydrogens is 1720 g/mol. The minimum Gasteiger partial charge on any atom is -0.493 e. The van der Waals surface area contributed by atoms with Crippen molar-refractivity contribution < 1.29 is 61.0 Å². The van der Waals surface area contributed by atoms with Gasteiger partial charge >= 0.3 is 0 Å². The Morgan fingerprint density at radius 1 is 0.431 bits per heavy atom. The van der Waals surface area contributed by atoms with Gasteiger partial charge in [0, 0.05) is 102 Å². The summed E-state index contributed by atoms with van der Waals surface area (Å²) in [5.74, 6) is -4.03. The SMILES string of the molecule is CCOc1ccc([C@H]2c3c(C)nn(C)c3NC(=O)[C@H]2NC(=O)c2cccc(C)c2)cc1OC.Cc1cccc(C(=O)N[C@@H]2C(=O)Nc3c(c(C)nn3C)[C@@H]2c2ccc(C(C)C)cc2)c1.Cc1cccc(C(=O)N[C@@H]2C(=O)Nc3c(c(C)nn3C)[C@@H]2c2ccc(F)c(Br)c2)c1.Cc1nn(-c2ccccc2)c2c1[C@H](c1ccc(C(C)(F)F)cc1)[C@H](NC(=O)c1ccccc1)C(=O)N2. The van der Waals surface area contributed by atoms with Crippen molar-refractivity contribution in [1.29, 1.82) is 0 Å². The summed E-state index contributed by atoms with van der Waals surface area (Å²) in [5.41, 5.74) is 16.1. The van der Waals surface area contributed by atoms with E-state index in [1.165, 1.54) is 23.8 Å². The molecule has 4 aromatic heterocycles. The van der Waals surface area contributed by atoms with Crippen LogP contribution in [-0.2, 0) is 46.2 Å². The summed E-state index contributed by atoms with van der Waals surface area (Å²) < 4.78 is 59.7. The molecule has 8 N–H and O–H groups in total. The standard InChI is InChI=1S/C28H24F2N4O2.C25H28N4O4.C25H28N4O2.C22H20BrFN4O2/c1-17-22-23(18-13-15-20(16-14-18)28(2,29)30)24(31-26(35)19-9-5-3-6-10-19)27(36)32-25(22)34(33-17)21-11-7-4-8-12-21;1-6-33-18-11-10-16(13-19(18)32-5)21-20-15(3)28-29(4)23(20)27-25(31)22(21)26-24(30)17-9-7-8-14(2)12-17;1-14(2)17-9-11-18(12-10-17)21-20-16(4)28-29(5)23(20)27-25(31)22(21)26-24(30)19-8-6-7-15(3)13-19;1-11-5-4-6-14(9-11)21(29)25-19-18(13-7-8-16(24)15(23)10-13)17-12(2)27-28(3)20(17)26-22(19)30/h3-16,23-24H,1-2H3,(H,31,35)(H,32,36);7-13,21-22H,6H2,1-5H3,(H,26,30)(H,27,31);6-14,21-22H,1-5H3,(H,26,30)(H,27,31);4-10,18-19H,1-3H3,(H,25,29)(H,26,30)/t23-,24-;2*21-,22-;18-,19-/m0000/s1. The first-order valence-electron chi connectivity index (χ1n) is 42.4. The van der Waals surface area contributed by atoms with Gasteiger partial charge in [-0.2, -0.15) is 20.4 Å². The zero-order valence-electron chi connectivity index (χ0n) is 74.4. The highest BCUT2D eigenvalue weighted by molar-refractivity contribution is 9.10. The zero-order chi connectivity index (χ0) is 93.0. The molecule has 9 aromatic carbocycles. The molecule has 30 heteroatoms. The maximum Gasteiger partial charge on any atom is 0.270 e. The third-order valence-corrected chi connectivity index (χ3v) is 24.1. The number of carbonyl (C=O) groups excluding carboxylic acids is 8. The lowest BCUT2D eigenvalue weighted by atomic mass is 9.81. The molecule has 17 rings (SSSR count). The number of carbonyl (C=O) groups is 8. The number of rotatable bonds is 18. The molecule has 26 nitrogen and oxygen atoms in total. The van der Waals surface area contributed by atoms with Crippen molar-refractivity contribution >= 4 is 86.5 Å². The molecular formula is C100H100BrF3N16O10. The smallest absolute Gasteiger partial charge is 0.270 e. The molecule has 0 bridgehead atoms. The summed E-state index contributed by atoms with van der Waals surface area (Å²) >= 11 is 3.22. The van der Waals surface area contributed by atoms with Crippen molar-refractivity contribution in [2.24, 2.45) is 21.1 Å². The van der Waals surface area contributed by atoms with E-state index in [2.05, 4.69) is 117 Å². The fourth-order valence-corrected chi connectivity index (χ4v) is 17.6. The molecule has 0 spiro atoms. The number of fused-ring (bicyclic) bond motifs is 4. The third kappa shape index (κ3) is 19.3. The fraction of sp³-hybridized carbons (Fsp3) is 0.260. The van der Waals surface area contributed by atoms with Gasteiger partial charge in [-0.15, -0.1) is 0 Å². The van der Waals surface area contributed by atoms with Crippen LogP contribution in [0.2, 0.25) is 0 Å². The number of methoxy groups -OCH3 is 1. The number of para-hydroxylation sites is 1. The van der Waals surface area contributed by atoms with Crippen LogP contribution < -0.4 is 52.0 Å². The Kier molecular flexibility index (Phi) is 27.2.